The molecule has 5 nitrogen and oxygen atoms in total. The molecule has 0 aromatic carbocycles. The second kappa shape index (κ2) is 5.13. The molecule has 2 atom stereocenters. The van der Waals surface area contributed by atoms with Gasteiger partial charge in [0, 0.05) is 6.54 Å². The quantitative estimate of drug-likeness (QED) is 0.849. The van der Waals surface area contributed by atoms with Crippen molar-refractivity contribution in [1.82, 2.24) is 14.7 Å². The molecule has 108 valence electrons. The average Bonchev–Trinajstić information content (AvgIpc) is 2.82. The first kappa shape index (κ1) is 14.3. The van der Waals surface area contributed by atoms with Gasteiger partial charge in [0.25, 0.3) is 0 Å². The topological polar surface area (TPSA) is 50.5 Å². The Morgan fingerprint density at radius 3 is 2.68 bits per heavy atom. The summed E-state index contributed by atoms with van der Waals surface area (Å²) in [5.74, 6) is 0.991. The smallest absolute Gasteiger partial charge is 0.162 e. The first-order valence-corrected chi connectivity index (χ1v) is 6.79. The fourth-order valence-electron chi connectivity index (χ4n) is 2.54. The molecule has 0 aliphatic heterocycles. The minimum Gasteiger partial charge on any atom is -0.493 e. The normalized spacial score (nSPS) is 22.6. The van der Waals surface area contributed by atoms with Gasteiger partial charge in [-0.25, -0.2) is 0 Å². The summed E-state index contributed by atoms with van der Waals surface area (Å²) >= 11 is 0. The van der Waals surface area contributed by atoms with E-state index in [0.29, 0.717) is 11.7 Å². The van der Waals surface area contributed by atoms with Crippen molar-refractivity contribution in [3.05, 3.63) is 11.9 Å². The van der Waals surface area contributed by atoms with Crippen LogP contribution in [0.1, 0.15) is 32.1 Å². The molecule has 0 saturated heterocycles. The highest BCUT2D eigenvalue weighted by atomic mass is 16.5. The van der Waals surface area contributed by atoms with Crippen molar-refractivity contribution in [2.75, 3.05) is 27.7 Å². The van der Waals surface area contributed by atoms with Crippen LogP contribution in [0.5, 0.6) is 5.75 Å². The van der Waals surface area contributed by atoms with E-state index in [0.717, 1.165) is 25.2 Å². The van der Waals surface area contributed by atoms with Crippen molar-refractivity contribution in [3.8, 4) is 5.75 Å². The van der Waals surface area contributed by atoms with Crippen LogP contribution in [0.2, 0.25) is 0 Å². The summed E-state index contributed by atoms with van der Waals surface area (Å²) in [6, 6.07) is 0. The van der Waals surface area contributed by atoms with E-state index in [2.05, 4.69) is 23.8 Å². The number of aromatic nitrogens is 2. The van der Waals surface area contributed by atoms with Crippen molar-refractivity contribution >= 4 is 0 Å². The maximum Gasteiger partial charge on any atom is 0.162 e. The molecule has 0 spiro atoms. The van der Waals surface area contributed by atoms with Gasteiger partial charge in [-0.2, -0.15) is 5.10 Å². The van der Waals surface area contributed by atoms with Crippen molar-refractivity contribution in [2.45, 2.75) is 32.9 Å². The number of hydrogen-bond acceptors (Lipinski definition) is 4. The number of ether oxygens (including phenoxy) is 1. The summed E-state index contributed by atoms with van der Waals surface area (Å²) < 4.78 is 7.22. The van der Waals surface area contributed by atoms with Crippen LogP contribution in [0.25, 0.3) is 0 Å². The van der Waals surface area contributed by atoms with E-state index in [-0.39, 0.29) is 5.41 Å². The molecule has 0 amide bonds. The molecular formula is C14H25N3O2. The summed E-state index contributed by atoms with van der Waals surface area (Å²) in [6.45, 7) is 6.02. The Morgan fingerprint density at radius 2 is 2.21 bits per heavy atom. The van der Waals surface area contributed by atoms with Gasteiger partial charge in [-0.1, -0.05) is 13.8 Å². The van der Waals surface area contributed by atoms with E-state index >= 15 is 0 Å². The zero-order chi connectivity index (χ0) is 14.2. The molecule has 19 heavy (non-hydrogen) atoms. The third kappa shape index (κ3) is 2.92. The lowest BCUT2D eigenvalue weighted by atomic mass is 10.0. The Morgan fingerprint density at radius 1 is 1.58 bits per heavy atom. The molecule has 0 radical (unpaired) electrons. The van der Waals surface area contributed by atoms with Crippen molar-refractivity contribution in [2.24, 2.45) is 11.3 Å². The van der Waals surface area contributed by atoms with Crippen molar-refractivity contribution in [3.63, 3.8) is 0 Å². The fraction of sp³-hybridized carbons (Fsp3) is 0.786. The van der Waals surface area contributed by atoms with Gasteiger partial charge in [-0.15, -0.1) is 0 Å². The average molecular weight is 267 g/mol. The summed E-state index contributed by atoms with van der Waals surface area (Å²) in [6.07, 6.45) is 2.26. The summed E-state index contributed by atoms with van der Waals surface area (Å²) in [7, 11) is 5.68. The molecule has 1 saturated carbocycles. The van der Waals surface area contributed by atoms with Gasteiger partial charge >= 0.3 is 0 Å². The molecule has 0 bridgehead atoms. The minimum absolute atomic E-state index is 0.223. The summed E-state index contributed by atoms with van der Waals surface area (Å²) in [5.41, 5.74) is 1.04. The Hall–Kier alpha value is -1.07. The third-order valence-electron chi connectivity index (χ3n) is 4.07. The second-order valence-electron chi connectivity index (χ2n) is 6.37. The van der Waals surface area contributed by atoms with Gasteiger partial charge in [0.1, 0.15) is 11.8 Å². The van der Waals surface area contributed by atoms with Gasteiger partial charge < -0.3 is 14.7 Å². The first-order chi connectivity index (χ1) is 8.86. The molecule has 1 heterocycles. The first-order valence-electron chi connectivity index (χ1n) is 6.79. The summed E-state index contributed by atoms with van der Waals surface area (Å²) in [4.78, 5) is 2.10. The van der Waals surface area contributed by atoms with E-state index in [1.807, 2.05) is 18.8 Å². The van der Waals surface area contributed by atoms with Crippen LogP contribution in [-0.2, 0) is 6.54 Å². The Kier molecular flexibility index (Phi) is 3.87. The lowest BCUT2D eigenvalue weighted by Gasteiger charge is -2.17. The zero-order valence-corrected chi connectivity index (χ0v) is 12.6. The molecule has 1 N–H and O–H groups in total. The second-order valence-corrected chi connectivity index (χ2v) is 6.37. The Balaban J connectivity index is 2.19. The van der Waals surface area contributed by atoms with Crippen LogP contribution >= 0.6 is 0 Å². The number of hydrogen-bond donors (Lipinski definition) is 1. The van der Waals surface area contributed by atoms with Crippen LogP contribution in [0.4, 0.5) is 0 Å². The molecule has 2 unspecified atom stereocenters. The van der Waals surface area contributed by atoms with Crippen LogP contribution in [0, 0.1) is 11.3 Å². The molecule has 5 heteroatoms. The lowest BCUT2D eigenvalue weighted by molar-refractivity contribution is 0.124. The molecule has 1 aromatic heterocycles. The molecular weight excluding hydrogens is 242 g/mol. The number of aliphatic hydroxyl groups is 1. The van der Waals surface area contributed by atoms with E-state index in [9.17, 15) is 5.11 Å². The largest absolute Gasteiger partial charge is 0.493 e. The SMILES string of the molecule is COc1cnn(CCN(C)C)c1C(O)C1CC1(C)C. The predicted octanol–water partition coefficient (Wildman–Crippen LogP) is 1.53. The van der Waals surface area contributed by atoms with Crippen LogP contribution < -0.4 is 4.74 Å². The number of methoxy groups -OCH3 is 1. The van der Waals surface area contributed by atoms with Gasteiger partial charge in [-0.3, -0.25) is 4.68 Å². The summed E-state index contributed by atoms with van der Waals surface area (Å²) in [5, 5.41) is 14.9. The van der Waals surface area contributed by atoms with Gasteiger partial charge in [0.05, 0.1) is 19.9 Å². The standard InChI is InChI=1S/C14H25N3O2/c1-14(2)8-10(14)13(18)12-11(19-5)9-15-17(12)7-6-16(3)4/h9-10,13,18H,6-8H2,1-5H3. The van der Waals surface area contributed by atoms with Crippen LogP contribution in [-0.4, -0.2) is 47.5 Å². The minimum atomic E-state index is -0.491. The number of nitrogens with zero attached hydrogens (tertiary/aromatic N) is 3. The molecule has 1 aliphatic carbocycles. The van der Waals surface area contributed by atoms with Gasteiger partial charge in [0.2, 0.25) is 0 Å². The number of aliphatic hydroxyl groups excluding tert-OH is 1. The van der Waals surface area contributed by atoms with E-state index in [1.165, 1.54) is 0 Å². The third-order valence-corrected chi connectivity index (χ3v) is 4.07. The van der Waals surface area contributed by atoms with E-state index < -0.39 is 6.10 Å². The monoisotopic (exact) mass is 267 g/mol. The molecule has 1 aromatic rings. The highest BCUT2D eigenvalue weighted by molar-refractivity contribution is 5.29. The van der Waals surface area contributed by atoms with E-state index in [1.54, 1.807) is 13.3 Å². The number of rotatable bonds is 6. The Labute approximate surface area is 115 Å². The predicted molar refractivity (Wildman–Crippen MR) is 74.2 cm³/mol. The van der Waals surface area contributed by atoms with Gasteiger partial charge in [0.15, 0.2) is 5.75 Å². The van der Waals surface area contributed by atoms with Crippen molar-refractivity contribution in [1.29, 1.82) is 0 Å². The molecule has 2 rings (SSSR count). The molecule has 1 fully saturated rings. The highest BCUT2D eigenvalue weighted by Crippen LogP contribution is 2.58. The maximum absolute atomic E-state index is 10.6. The highest BCUT2D eigenvalue weighted by Gasteiger charge is 2.51. The van der Waals surface area contributed by atoms with Crippen LogP contribution in [0.15, 0.2) is 6.20 Å². The number of likely N-dealkylation sites (N-methyl/N-ethyl adjacent to an activating group) is 1. The molecule has 1 aliphatic rings. The van der Waals surface area contributed by atoms with E-state index in [4.69, 9.17) is 4.74 Å². The van der Waals surface area contributed by atoms with Gasteiger partial charge in [-0.05, 0) is 31.8 Å². The Bertz CT molecular complexity index is 440. The fourth-order valence-corrected chi connectivity index (χ4v) is 2.54. The van der Waals surface area contributed by atoms with Crippen LogP contribution in [0.3, 0.4) is 0 Å². The lowest BCUT2D eigenvalue weighted by Crippen LogP contribution is -2.22. The maximum atomic E-state index is 10.6. The zero-order valence-electron chi connectivity index (χ0n) is 12.6. The van der Waals surface area contributed by atoms with Crippen molar-refractivity contribution < 1.29 is 9.84 Å².